The largest absolute Gasteiger partial charge is 0.467 e. The minimum absolute atomic E-state index is 0.182. The van der Waals surface area contributed by atoms with Crippen molar-refractivity contribution in [2.45, 2.75) is 17.9 Å². The van der Waals surface area contributed by atoms with E-state index in [1.54, 1.807) is 47.6 Å². The average molecular weight is 512 g/mol. The van der Waals surface area contributed by atoms with Crippen LogP contribution >= 0.6 is 0 Å². The number of morpholine rings is 1. The molecule has 0 radical (unpaired) electrons. The Balaban J connectivity index is 1.51. The molecule has 0 N–H and O–H groups in total. The highest BCUT2D eigenvalue weighted by atomic mass is 32.2. The molecule has 36 heavy (non-hydrogen) atoms. The number of sulfonamides is 1. The van der Waals surface area contributed by atoms with Gasteiger partial charge in [-0.25, -0.2) is 8.42 Å². The Labute approximate surface area is 213 Å². The number of benzene rings is 2. The van der Waals surface area contributed by atoms with Crippen LogP contribution in [-0.4, -0.2) is 80.9 Å². The van der Waals surface area contributed by atoms with Crippen molar-refractivity contribution < 1.29 is 22.4 Å². The third-order valence-electron chi connectivity index (χ3n) is 6.25. The van der Waals surface area contributed by atoms with E-state index in [0.717, 1.165) is 18.7 Å². The maximum atomic E-state index is 13.6. The second kappa shape index (κ2) is 12.8. The van der Waals surface area contributed by atoms with E-state index in [2.05, 4.69) is 4.90 Å². The van der Waals surface area contributed by atoms with Gasteiger partial charge in [0.15, 0.2) is 0 Å². The number of hydrogen-bond acceptors (Lipinski definition) is 6. The molecule has 0 unspecified atom stereocenters. The molecule has 3 aromatic rings. The average Bonchev–Trinajstić information content (AvgIpc) is 3.43. The molecule has 1 aliphatic rings. The molecule has 0 spiro atoms. The summed E-state index contributed by atoms with van der Waals surface area (Å²) in [6, 6.07) is 21.8. The summed E-state index contributed by atoms with van der Waals surface area (Å²) in [5.41, 5.74) is 1.11. The lowest BCUT2D eigenvalue weighted by molar-refractivity contribution is -0.132. The summed E-state index contributed by atoms with van der Waals surface area (Å²) in [4.78, 5) is 17.6. The minimum atomic E-state index is -3.86. The van der Waals surface area contributed by atoms with Crippen LogP contribution in [0.1, 0.15) is 11.3 Å². The molecule has 0 saturated carbocycles. The summed E-state index contributed by atoms with van der Waals surface area (Å²) in [5.74, 6) is 0.394. The maximum Gasteiger partial charge on any atom is 0.243 e. The smallest absolute Gasteiger partial charge is 0.243 e. The minimum Gasteiger partial charge on any atom is -0.467 e. The van der Waals surface area contributed by atoms with Gasteiger partial charge in [0.05, 0.1) is 37.5 Å². The molecule has 2 heterocycles. The molecule has 0 aliphatic carbocycles. The van der Waals surface area contributed by atoms with E-state index in [0.29, 0.717) is 38.5 Å². The SMILES string of the molecule is O=C(CN(CCN1CCOCC1)S(=O)(=O)c1ccccc1)N(CCc1ccccc1)Cc1ccco1. The summed E-state index contributed by atoms with van der Waals surface area (Å²) >= 11 is 0. The van der Waals surface area contributed by atoms with Gasteiger partial charge >= 0.3 is 0 Å². The van der Waals surface area contributed by atoms with Crippen molar-refractivity contribution in [2.75, 3.05) is 52.5 Å². The van der Waals surface area contributed by atoms with E-state index in [9.17, 15) is 13.2 Å². The van der Waals surface area contributed by atoms with Crippen molar-refractivity contribution in [2.24, 2.45) is 0 Å². The highest BCUT2D eigenvalue weighted by Crippen LogP contribution is 2.17. The Hall–Kier alpha value is -2.98. The van der Waals surface area contributed by atoms with Crippen LogP contribution in [0.3, 0.4) is 0 Å². The first-order valence-corrected chi connectivity index (χ1v) is 13.7. The number of carbonyl (C=O) groups excluding carboxylic acids is 1. The molecule has 1 fully saturated rings. The van der Waals surface area contributed by atoms with Crippen molar-refractivity contribution in [3.63, 3.8) is 0 Å². The maximum absolute atomic E-state index is 13.6. The van der Waals surface area contributed by atoms with Gasteiger partial charge in [-0.2, -0.15) is 4.31 Å². The number of nitrogens with zero attached hydrogens (tertiary/aromatic N) is 3. The van der Waals surface area contributed by atoms with Crippen molar-refractivity contribution >= 4 is 15.9 Å². The third kappa shape index (κ3) is 7.27. The molecular weight excluding hydrogens is 478 g/mol. The van der Waals surface area contributed by atoms with Crippen molar-refractivity contribution in [1.82, 2.24) is 14.1 Å². The first-order valence-electron chi connectivity index (χ1n) is 12.2. The zero-order valence-electron chi connectivity index (χ0n) is 20.4. The van der Waals surface area contributed by atoms with Crippen LogP contribution in [0, 0.1) is 0 Å². The van der Waals surface area contributed by atoms with Gasteiger partial charge in [0.2, 0.25) is 15.9 Å². The summed E-state index contributed by atoms with van der Waals surface area (Å²) in [6.45, 7) is 3.98. The first-order chi connectivity index (χ1) is 17.5. The predicted octanol–water partition coefficient (Wildman–Crippen LogP) is 2.87. The Morgan fingerprint density at radius 2 is 1.58 bits per heavy atom. The predicted molar refractivity (Wildman–Crippen MR) is 137 cm³/mol. The van der Waals surface area contributed by atoms with E-state index in [4.69, 9.17) is 9.15 Å². The van der Waals surface area contributed by atoms with Crippen LogP contribution in [-0.2, 0) is 32.5 Å². The summed E-state index contributed by atoms with van der Waals surface area (Å²) in [6.07, 6.45) is 2.23. The number of hydrogen-bond donors (Lipinski definition) is 0. The van der Waals surface area contributed by atoms with Gasteiger partial charge in [-0.1, -0.05) is 48.5 Å². The Morgan fingerprint density at radius 3 is 2.25 bits per heavy atom. The first kappa shape index (κ1) is 26.1. The highest BCUT2D eigenvalue weighted by Gasteiger charge is 2.29. The van der Waals surface area contributed by atoms with Crippen molar-refractivity contribution in [3.8, 4) is 0 Å². The van der Waals surface area contributed by atoms with E-state index in [1.165, 1.54) is 4.31 Å². The second-order valence-corrected chi connectivity index (χ2v) is 10.7. The summed E-state index contributed by atoms with van der Waals surface area (Å²) in [7, 11) is -3.86. The van der Waals surface area contributed by atoms with E-state index in [1.807, 2.05) is 36.4 Å². The molecule has 1 aliphatic heterocycles. The lowest BCUT2D eigenvalue weighted by atomic mass is 10.1. The van der Waals surface area contributed by atoms with Gasteiger partial charge < -0.3 is 14.1 Å². The van der Waals surface area contributed by atoms with Crippen LogP contribution in [0.15, 0.2) is 88.4 Å². The van der Waals surface area contributed by atoms with Crippen LogP contribution in [0.4, 0.5) is 0 Å². The fraction of sp³-hybridized carbons (Fsp3) is 0.370. The molecular formula is C27H33N3O5S. The van der Waals surface area contributed by atoms with Crippen LogP contribution in [0.5, 0.6) is 0 Å². The van der Waals surface area contributed by atoms with E-state index >= 15 is 0 Å². The number of rotatable bonds is 12. The van der Waals surface area contributed by atoms with E-state index in [-0.39, 0.29) is 30.4 Å². The van der Waals surface area contributed by atoms with Gasteiger partial charge in [0.25, 0.3) is 0 Å². The molecule has 9 heteroatoms. The molecule has 1 saturated heterocycles. The van der Waals surface area contributed by atoms with E-state index < -0.39 is 10.0 Å². The van der Waals surface area contributed by atoms with Gasteiger partial charge in [-0.05, 0) is 36.2 Å². The normalized spacial score (nSPS) is 14.7. The molecule has 192 valence electrons. The molecule has 0 atom stereocenters. The highest BCUT2D eigenvalue weighted by molar-refractivity contribution is 7.89. The Kier molecular flexibility index (Phi) is 9.29. The molecule has 8 nitrogen and oxygen atoms in total. The fourth-order valence-corrected chi connectivity index (χ4v) is 5.55. The molecule has 4 rings (SSSR count). The zero-order chi connectivity index (χ0) is 25.2. The molecule has 1 aromatic heterocycles. The fourth-order valence-electron chi connectivity index (χ4n) is 4.15. The topological polar surface area (TPSA) is 83.3 Å². The molecule has 2 aromatic carbocycles. The summed E-state index contributed by atoms with van der Waals surface area (Å²) < 4.78 is 39.3. The number of furan rings is 1. The number of carbonyl (C=O) groups is 1. The van der Waals surface area contributed by atoms with Crippen LogP contribution in [0.25, 0.3) is 0 Å². The van der Waals surface area contributed by atoms with Gasteiger partial charge in [0, 0.05) is 32.7 Å². The van der Waals surface area contributed by atoms with Gasteiger partial charge in [0.1, 0.15) is 5.76 Å². The summed E-state index contributed by atoms with van der Waals surface area (Å²) in [5, 5.41) is 0. The molecule has 0 bridgehead atoms. The standard InChI is InChI=1S/C27H33N3O5S/c31-27(29(22-25-10-7-19-35-25)14-13-24-8-3-1-4-9-24)23-30(16-15-28-17-20-34-21-18-28)36(32,33)26-11-5-2-6-12-26/h1-12,19H,13-18,20-23H2. The van der Waals surface area contributed by atoms with Gasteiger partial charge in [-0.15, -0.1) is 0 Å². The van der Waals surface area contributed by atoms with Crippen molar-refractivity contribution in [1.29, 1.82) is 0 Å². The molecule has 1 amide bonds. The third-order valence-corrected chi connectivity index (χ3v) is 8.11. The quantitative estimate of drug-likeness (QED) is 0.372. The zero-order valence-corrected chi connectivity index (χ0v) is 21.2. The van der Waals surface area contributed by atoms with Gasteiger partial charge in [-0.3, -0.25) is 9.69 Å². The van der Waals surface area contributed by atoms with Crippen LogP contribution < -0.4 is 0 Å². The number of ether oxygens (including phenoxy) is 1. The van der Waals surface area contributed by atoms with Crippen molar-refractivity contribution in [3.05, 3.63) is 90.4 Å². The monoisotopic (exact) mass is 511 g/mol. The number of amides is 1. The lowest BCUT2D eigenvalue weighted by Gasteiger charge is -2.30. The Bertz CT molecular complexity index is 1160. The second-order valence-electron chi connectivity index (χ2n) is 8.74. The lowest BCUT2D eigenvalue weighted by Crippen LogP contribution is -2.47. The Morgan fingerprint density at radius 1 is 0.889 bits per heavy atom. The van der Waals surface area contributed by atoms with Crippen LogP contribution in [0.2, 0.25) is 0 Å².